The van der Waals surface area contributed by atoms with Crippen LogP contribution >= 0.6 is 0 Å². The zero-order valence-corrected chi connectivity index (χ0v) is 60.5. The van der Waals surface area contributed by atoms with Gasteiger partial charge in [0.1, 0.15) is 73.2 Å². The molecule has 0 aromatic rings. The van der Waals surface area contributed by atoms with Crippen molar-refractivity contribution >= 4 is 5.91 Å². The molecule has 0 saturated carbocycles. The molecule has 3 fully saturated rings. The van der Waals surface area contributed by atoms with E-state index in [1.165, 1.54) is 173 Å². The summed E-state index contributed by atoms with van der Waals surface area (Å²) >= 11 is 0. The minimum Gasteiger partial charge on any atom is -0.394 e. The molecule has 3 saturated heterocycles. The Kier molecular flexibility index (Phi) is 54.0. The van der Waals surface area contributed by atoms with Gasteiger partial charge >= 0.3 is 0 Å². The fourth-order valence-corrected chi connectivity index (χ4v) is 12.7. The van der Waals surface area contributed by atoms with Crippen LogP contribution in [-0.2, 0) is 33.2 Å². The highest BCUT2D eigenvalue weighted by Crippen LogP contribution is 2.33. The fourth-order valence-electron chi connectivity index (χ4n) is 12.7. The molecule has 17 unspecified atom stereocenters. The van der Waals surface area contributed by atoms with Crippen molar-refractivity contribution in [1.29, 1.82) is 0 Å². The van der Waals surface area contributed by atoms with Gasteiger partial charge in [-0.15, -0.1) is 0 Å². The van der Waals surface area contributed by atoms with E-state index >= 15 is 0 Å². The second-order valence-corrected chi connectivity index (χ2v) is 27.4. The summed E-state index contributed by atoms with van der Waals surface area (Å²) in [5.41, 5.74) is 0. The number of ether oxygens (including phenoxy) is 6. The van der Waals surface area contributed by atoms with Gasteiger partial charge in [0.05, 0.1) is 38.6 Å². The number of aliphatic hydroxyl groups is 11. The molecule has 568 valence electrons. The van der Waals surface area contributed by atoms with Crippen LogP contribution in [0.1, 0.15) is 277 Å². The molecule has 17 atom stereocenters. The number of nitrogens with one attached hydrogen (secondary N) is 1. The molecule has 3 aliphatic heterocycles. The van der Waals surface area contributed by atoms with Gasteiger partial charge in [-0.25, -0.2) is 0 Å². The van der Waals surface area contributed by atoms with Gasteiger partial charge in [-0.1, -0.05) is 272 Å². The van der Waals surface area contributed by atoms with Crippen molar-refractivity contribution in [2.75, 3.05) is 26.4 Å². The van der Waals surface area contributed by atoms with Crippen LogP contribution in [0.15, 0.2) is 85.1 Å². The molecule has 1 amide bonds. The van der Waals surface area contributed by atoms with E-state index in [0.717, 1.165) is 70.6 Å². The summed E-state index contributed by atoms with van der Waals surface area (Å²) in [6, 6.07) is -1.00. The highest BCUT2D eigenvalue weighted by atomic mass is 16.8. The van der Waals surface area contributed by atoms with Gasteiger partial charge in [0.2, 0.25) is 5.91 Å². The number of carbonyl (C=O) groups excluding carboxylic acids is 1. The van der Waals surface area contributed by atoms with Gasteiger partial charge in [-0.2, -0.15) is 0 Å². The first-order valence-electron chi connectivity index (χ1n) is 38.8. The number of unbranched alkanes of at least 4 members (excludes halogenated alkanes) is 32. The van der Waals surface area contributed by atoms with Crippen molar-refractivity contribution in [3.05, 3.63) is 85.1 Å². The fraction of sp³-hybridized carbons (Fsp3) is 0.810. The quantitative estimate of drug-likeness (QED) is 0.0199. The topological polar surface area (TPSA) is 307 Å². The third-order valence-corrected chi connectivity index (χ3v) is 18.9. The Bertz CT molecular complexity index is 2100. The van der Waals surface area contributed by atoms with Crippen molar-refractivity contribution in [2.24, 2.45) is 0 Å². The summed E-state index contributed by atoms with van der Waals surface area (Å²) < 4.78 is 34.4. The lowest BCUT2D eigenvalue weighted by molar-refractivity contribution is -0.379. The zero-order chi connectivity index (χ0) is 71.1. The van der Waals surface area contributed by atoms with Gasteiger partial charge in [0.25, 0.3) is 0 Å². The van der Waals surface area contributed by atoms with Crippen LogP contribution in [0.3, 0.4) is 0 Å². The molecule has 19 nitrogen and oxygen atoms in total. The predicted octanol–water partition coefficient (Wildman–Crippen LogP) is 12.2. The lowest BCUT2D eigenvalue weighted by Gasteiger charge is -2.48. The van der Waals surface area contributed by atoms with Crippen molar-refractivity contribution in [2.45, 2.75) is 381 Å². The molecular formula is C79H139NO18. The molecule has 3 heterocycles. The van der Waals surface area contributed by atoms with Gasteiger partial charge < -0.3 is 89.9 Å². The van der Waals surface area contributed by atoms with E-state index in [4.69, 9.17) is 28.4 Å². The normalized spacial score (nSPS) is 27.2. The van der Waals surface area contributed by atoms with Crippen molar-refractivity contribution in [3.63, 3.8) is 0 Å². The Hall–Kier alpha value is -3.03. The highest BCUT2D eigenvalue weighted by Gasteiger charge is 2.53. The van der Waals surface area contributed by atoms with Gasteiger partial charge in [-0.05, 0) is 83.5 Å². The summed E-state index contributed by atoms with van der Waals surface area (Å²) in [6.45, 7) is 1.62. The Morgan fingerprint density at radius 3 is 1.14 bits per heavy atom. The molecule has 3 rings (SSSR count). The maximum Gasteiger partial charge on any atom is 0.220 e. The summed E-state index contributed by atoms with van der Waals surface area (Å²) in [6.07, 6.45) is 51.4. The van der Waals surface area contributed by atoms with Crippen LogP contribution < -0.4 is 5.32 Å². The number of allylic oxidation sites excluding steroid dienone is 13. The molecule has 0 bridgehead atoms. The minimum atomic E-state index is -1.99. The Balaban J connectivity index is 1.39. The molecule has 0 aromatic carbocycles. The molecule has 0 radical (unpaired) electrons. The van der Waals surface area contributed by atoms with Crippen LogP contribution in [0.4, 0.5) is 0 Å². The van der Waals surface area contributed by atoms with Crippen molar-refractivity contribution in [1.82, 2.24) is 5.32 Å². The third kappa shape index (κ3) is 39.6. The Morgan fingerprint density at radius 2 is 0.714 bits per heavy atom. The van der Waals surface area contributed by atoms with Gasteiger partial charge in [0, 0.05) is 6.42 Å². The van der Waals surface area contributed by atoms with E-state index < -0.39 is 124 Å². The van der Waals surface area contributed by atoms with Crippen molar-refractivity contribution in [3.8, 4) is 0 Å². The molecule has 3 aliphatic rings. The van der Waals surface area contributed by atoms with E-state index in [0.29, 0.717) is 12.8 Å². The van der Waals surface area contributed by atoms with Crippen LogP contribution in [0, 0.1) is 0 Å². The average Bonchev–Trinajstić information content (AvgIpc) is 0.785. The third-order valence-electron chi connectivity index (χ3n) is 18.9. The van der Waals surface area contributed by atoms with Crippen LogP contribution in [0.2, 0.25) is 0 Å². The van der Waals surface area contributed by atoms with E-state index in [1.807, 2.05) is 6.08 Å². The van der Waals surface area contributed by atoms with Crippen LogP contribution in [-0.4, -0.2) is 193 Å². The molecule has 98 heavy (non-hydrogen) atoms. The van der Waals surface area contributed by atoms with E-state index in [2.05, 4.69) is 92.1 Å². The van der Waals surface area contributed by atoms with Gasteiger partial charge in [-0.3, -0.25) is 4.79 Å². The first-order chi connectivity index (χ1) is 47.8. The number of aliphatic hydroxyl groups excluding tert-OH is 11. The Labute approximate surface area is 590 Å². The second-order valence-electron chi connectivity index (χ2n) is 27.4. The summed E-state index contributed by atoms with van der Waals surface area (Å²) in [7, 11) is 0. The number of amides is 1. The second kappa shape index (κ2) is 59.4. The standard InChI is InChI=1S/C79H139NO18/c1-3-5-7-9-11-13-15-17-19-21-23-25-27-28-29-30-31-32-33-34-35-37-39-41-43-45-47-49-51-53-55-57-67(85)80-62(63(84)56-54-52-50-48-46-44-42-40-38-36-26-24-22-20-18-16-14-12-10-8-6-4-2)61-93-77-73(91)70(88)75(65(59-82)95-77)98-79-74(92)71(89)76(66(60-83)96-79)97-78-72(90)69(87)68(86)64(58-81)94-78/h5,7,11,13,17,19,23,25,38,40,46,48,54,56,62-66,68-79,81-84,86-92H,3-4,6,8-10,12,14-16,18,20-22,24,26-37,39,41-45,47,49-53,55,57-61H2,1-2H3,(H,80,85)/b7-5-,13-11-,19-17-,25-23-,40-38+,48-46+,56-54+. The molecule has 19 heteroatoms. The summed E-state index contributed by atoms with van der Waals surface area (Å²) in [5, 5.41) is 121. The molecule has 0 spiro atoms. The number of carbonyl (C=O) groups is 1. The smallest absolute Gasteiger partial charge is 0.220 e. The minimum absolute atomic E-state index is 0.230. The first kappa shape index (κ1) is 89.2. The summed E-state index contributed by atoms with van der Waals surface area (Å²) in [4.78, 5) is 13.5. The predicted molar refractivity (Wildman–Crippen MR) is 388 cm³/mol. The SMILES string of the molecule is CC/C=C\C/C=C\C/C=C\C/C=C\CCCCCCCCCCCCCCCCCCCCC(=O)NC(COC1OC(CO)C(OC2OC(CO)C(OC3OC(CO)C(O)C(O)C3O)C(O)C2O)C(O)C1O)C(O)/C=C/CC/C=C/CC/C=C/CCCCCCCCCCCCCC. The largest absolute Gasteiger partial charge is 0.394 e. The highest BCUT2D eigenvalue weighted by molar-refractivity contribution is 5.76. The molecule has 12 N–H and O–H groups in total. The van der Waals surface area contributed by atoms with E-state index in [-0.39, 0.29) is 18.9 Å². The van der Waals surface area contributed by atoms with E-state index in [1.54, 1.807) is 6.08 Å². The number of hydrogen-bond donors (Lipinski definition) is 12. The van der Waals surface area contributed by atoms with Gasteiger partial charge in [0.15, 0.2) is 18.9 Å². The molecule has 0 aliphatic carbocycles. The lowest BCUT2D eigenvalue weighted by Crippen LogP contribution is -2.66. The monoisotopic (exact) mass is 1390 g/mol. The average molecular weight is 1390 g/mol. The Morgan fingerprint density at radius 1 is 0.378 bits per heavy atom. The number of hydrogen-bond acceptors (Lipinski definition) is 18. The van der Waals surface area contributed by atoms with Crippen LogP contribution in [0.25, 0.3) is 0 Å². The summed E-state index contributed by atoms with van der Waals surface area (Å²) in [5.74, 6) is -0.289. The molecule has 0 aromatic heterocycles. The first-order valence-corrected chi connectivity index (χ1v) is 38.8. The maximum absolute atomic E-state index is 13.5. The lowest BCUT2D eigenvalue weighted by atomic mass is 9.96. The molecular weight excluding hydrogens is 1250 g/mol. The zero-order valence-electron chi connectivity index (χ0n) is 60.5. The number of rotatable bonds is 60. The van der Waals surface area contributed by atoms with E-state index in [9.17, 15) is 61.0 Å². The van der Waals surface area contributed by atoms with Crippen LogP contribution in [0.5, 0.6) is 0 Å². The van der Waals surface area contributed by atoms with Crippen molar-refractivity contribution < 1.29 is 89.4 Å². The maximum atomic E-state index is 13.5.